The molecule has 23 heavy (non-hydrogen) atoms. The molecule has 0 saturated carbocycles. The third-order valence-electron chi connectivity index (χ3n) is 4.04. The van der Waals surface area contributed by atoms with Crippen LogP contribution in [0.4, 0.5) is 4.79 Å². The number of amides is 1. The van der Waals surface area contributed by atoms with E-state index in [1.807, 2.05) is 24.3 Å². The standard InChI is InChI=1S/C15H21NO6S/c1-21-13-5-3-11(4-6-13)14-7-8-16(15(17)18)9-12(14)10-22-23(2,19)20/h3-6,12,14H,7-10H2,1-2H3,(H,17,18)/t12-,14+/m0/s1. The molecular weight excluding hydrogens is 322 g/mol. The summed E-state index contributed by atoms with van der Waals surface area (Å²) in [6.45, 7) is 0.641. The first kappa shape index (κ1) is 17.6. The molecular formula is C15H21NO6S. The van der Waals surface area contributed by atoms with Crippen LogP contribution in [0.2, 0.25) is 0 Å². The van der Waals surface area contributed by atoms with E-state index in [1.165, 1.54) is 4.90 Å². The normalized spacial score (nSPS) is 21.9. The molecule has 1 aromatic carbocycles. The molecule has 1 aliphatic heterocycles. The molecule has 1 aliphatic rings. The molecule has 2 rings (SSSR count). The molecule has 0 bridgehead atoms. The molecule has 0 unspecified atom stereocenters. The summed E-state index contributed by atoms with van der Waals surface area (Å²) in [6, 6.07) is 7.53. The SMILES string of the molecule is COc1ccc([C@H]2CCN(C(=O)O)C[C@H]2COS(C)(=O)=O)cc1. The summed E-state index contributed by atoms with van der Waals surface area (Å²) in [5.41, 5.74) is 1.03. The fourth-order valence-corrected chi connectivity index (χ4v) is 3.30. The Kier molecular flexibility index (Phi) is 5.48. The molecule has 1 amide bonds. The third kappa shape index (κ3) is 4.84. The van der Waals surface area contributed by atoms with E-state index < -0.39 is 16.2 Å². The maximum absolute atomic E-state index is 11.2. The zero-order valence-corrected chi connectivity index (χ0v) is 14.0. The monoisotopic (exact) mass is 343 g/mol. The van der Waals surface area contributed by atoms with E-state index in [4.69, 9.17) is 14.0 Å². The second-order valence-electron chi connectivity index (χ2n) is 5.65. The average molecular weight is 343 g/mol. The molecule has 128 valence electrons. The van der Waals surface area contributed by atoms with Gasteiger partial charge < -0.3 is 14.7 Å². The molecule has 1 heterocycles. The summed E-state index contributed by atoms with van der Waals surface area (Å²) < 4.78 is 32.6. The Balaban J connectivity index is 2.18. The number of nitrogens with zero attached hydrogens (tertiary/aromatic N) is 1. The number of benzene rings is 1. The van der Waals surface area contributed by atoms with Gasteiger partial charge in [0.05, 0.1) is 20.0 Å². The molecule has 1 fully saturated rings. The molecule has 0 aliphatic carbocycles. The largest absolute Gasteiger partial charge is 0.497 e. The van der Waals surface area contributed by atoms with Crippen LogP contribution in [-0.4, -0.2) is 57.6 Å². The highest BCUT2D eigenvalue weighted by molar-refractivity contribution is 7.85. The summed E-state index contributed by atoms with van der Waals surface area (Å²) in [5.74, 6) is 0.557. The van der Waals surface area contributed by atoms with E-state index in [-0.39, 0.29) is 25.0 Å². The first-order valence-corrected chi connectivity index (χ1v) is 9.08. The highest BCUT2D eigenvalue weighted by Gasteiger charge is 2.33. The Morgan fingerprint density at radius 2 is 2.00 bits per heavy atom. The Morgan fingerprint density at radius 1 is 1.35 bits per heavy atom. The van der Waals surface area contributed by atoms with Crippen molar-refractivity contribution in [1.82, 2.24) is 4.90 Å². The van der Waals surface area contributed by atoms with Crippen molar-refractivity contribution >= 4 is 16.2 Å². The van der Waals surface area contributed by atoms with Crippen LogP contribution in [-0.2, 0) is 14.3 Å². The van der Waals surface area contributed by atoms with Crippen LogP contribution in [0.25, 0.3) is 0 Å². The second-order valence-corrected chi connectivity index (χ2v) is 7.29. The minimum atomic E-state index is -3.56. The van der Waals surface area contributed by atoms with Crippen LogP contribution in [0.1, 0.15) is 17.9 Å². The van der Waals surface area contributed by atoms with Gasteiger partial charge in [0.1, 0.15) is 5.75 Å². The van der Waals surface area contributed by atoms with Crippen LogP contribution in [0.15, 0.2) is 24.3 Å². The van der Waals surface area contributed by atoms with Gasteiger partial charge in [-0.1, -0.05) is 12.1 Å². The number of likely N-dealkylation sites (tertiary alicyclic amines) is 1. The van der Waals surface area contributed by atoms with Crippen LogP contribution in [0.3, 0.4) is 0 Å². The van der Waals surface area contributed by atoms with Crippen molar-refractivity contribution in [3.8, 4) is 5.75 Å². The fraction of sp³-hybridized carbons (Fsp3) is 0.533. The molecule has 1 saturated heterocycles. The molecule has 0 aromatic heterocycles. The second kappa shape index (κ2) is 7.18. The fourth-order valence-electron chi connectivity index (χ4n) is 2.88. The van der Waals surface area contributed by atoms with Gasteiger partial charge in [-0.15, -0.1) is 0 Å². The Labute approximate surface area is 135 Å². The first-order valence-electron chi connectivity index (χ1n) is 7.26. The average Bonchev–Trinajstić information content (AvgIpc) is 2.52. The zero-order valence-electron chi connectivity index (χ0n) is 13.1. The minimum Gasteiger partial charge on any atom is -0.497 e. The lowest BCUT2D eigenvalue weighted by Gasteiger charge is -2.37. The van der Waals surface area contributed by atoms with Gasteiger partial charge >= 0.3 is 6.09 Å². The first-order chi connectivity index (χ1) is 10.8. The molecule has 2 atom stereocenters. The number of carboxylic acid groups (broad SMARTS) is 1. The summed E-state index contributed by atoms with van der Waals surface area (Å²) >= 11 is 0. The third-order valence-corrected chi connectivity index (χ3v) is 4.61. The van der Waals surface area contributed by atoms with Crippen LogP contribution in [0, 0.1) is 5.92 Å². The van der Waals surface area contributed by atoms with Crippen LogP contribution >= 0.6 is 0 Å². The topological polar surface area (TPSA) is 93.1 Å². The number of hydrogen-bond acceptors (Lipinski definition) is 5. The summed E-state index contributed by atoms with van der Waals surface area (Å²) in [7, 11) is -1.98. The van der Waals surface area contributed by atoms with Crippen molar-refractivity contribution in [1.29, 1.82) is 0 Å². The number of ether oxygens (including phenoxy) is 1. The zero-order chi connectivity index (χ0) is 17.0. The molecule has 0 spiro atoms. The minimum absolute atomic E-state index is 0.0285. The van der Waals surface area contributed by atoms with Crippen molar-refractivity contribution in [2.45, 2.75) is 12.3 Å². The lowest BCUT2D eigenvalue weighted by atomic mass is 9.81. The van der Waals surface area contributed by atoms with E-state index in [0.29, 0.717) is 13.0 Å². The van der Waals surface area contributed by atoms with Gasteiger partial charge in [-0.05, 0) is 30.0 Å². The molecule has 0 radical (unpaired) electrons. The van der Waals surface area contributed by atoms with Gasteiger partial charge in [-0.2, -0.15) is 8.42 Å². The van der Waals surface area contributed by atoms with E-state index >= 15 is 0 Å². The summed E-state index contributed by atoms with van der Waals surface area (Å²) in [4.78, 5) is 12.5. The van der Waals surface area contributed by atoms with E-state index in [1.54, 1.807) is 7.11 Å². The van der Waals surface area contributed by atoms with Crippen molar-refractivity contribution in [2.75, 3.05) is 33.1 Å². The predicted molar refractivity (Wildman–Crippen MR) is 84.2 cm³/mol. The number of methoxy groups -OCH3 is 1. The molecule has 1 N–H and O–H groups in total. The van der Waals surface area contributed by atoms with E-state index in [0.717, 1.165) is 17.6 Å². The van der Waals surface area contributed by atoms with Gasteiger partial charge in [-0.3, -0.25) is 4.18 Å². The Bertz CT molecular complexity index is 642. The van der Waals surface area contributed by atoms with E-state index in [9.17, 15) is 13.2 Å². The highest BCUT2D eigenvalue weighted by atomic mass is 32.2. The number of piperidine rings is 1. The van der Waals surface area contributed by atoms with Crippen LogP contribution < -0.4 is 4.74 Å². The van der Waals surface area contributed by atoms with Gasteiger partial charge in [0, 0.05) is 19.0 Å². The Hall–Kier alpha value is -1.80. The van der Waals surface area contributed by atoms with Gasteiger partial charge in [0.25, 0.3) is 10.1 Å². The van der Waals surface area contributed by atoms with Gasteiger partial charge in [-0.25, -0.2) is 4.79 Å². The maximum Gasteiger partial charge on any atom is 0.407 e. The molecule has 1 aromatic rings. The maximum atomic E-state index is 11.2. The lowest BCUT2D eigenvalue weighted by Crippen LogP contribution is -2.44. The number of hydrogen-bond donors (Lipinski definition) is 1. The van der Waals surface area contributed by atoms with Crippen molar-refractivity contribution in [3.05, 3.63) is 29.8 Å². The molecule has 7 nitrogen and oxygen atoms in total. The van der Waals surface area contributed by atoms with E-state index in [2.05, 4.69) is 0 Å². The van der Waals surface area contributed by atoms with Crippen molar-refractivity contribution < 1.29 is 27.2 Å². The Morgan fingerprint density at radius 3 is 2.52 bits per heavy atom. The number of carbonyl (C=O) groups is 1. The summed E-state index contributed by atoms with van der Waals surface area (Å²) in [6.07, 6.45) is 0.617. The highest BCUT2D eigenvalue weighted by Crippen LogP contribution is 2.34. The van der Waals surface area contributed by atoms with Crippen molar-refractivity contribution in [3.63, 3.8) is 0 Å². The quantitative estimate of drug-likeness (QED) is 0.819. The smallest absolute Gasteiger partial charge is 0.407 e. The lowest BCUT2D eigenvalue weighted by molar-refractivity contribution is 0.0955. The summed E-state index contributed by atoms with van der Waals surface area (Å²) in [5, 5.41) is 9.16. The van der Waals surface area contributed by atoms with Crippen LogP contribution in [0.5, 0.6) is 5.75 Å². The molecule has 8 heteroatoms. The number of rotatable bonds is 5. The van der Waals surface area contributed by atoms with Gasteiger partial charge in [0.2, 0.25) is 0 Å². The van der Waals surface area contributed by atoms with Gasteiger partial charge in [0.15, 0.2) is 0 Å². The predicted octanol–water partition coefficient (Wildman–Crippen LogP) is 1.75. The van der Waals surface area contributed by atoms with Crippen molar-refractivity contribution in [2.24, 2.45) is 5.92 Å².